The summed E-state index contributed by atoms with van der Waals surface area (Å²) in [7, 11) is 0. The van der Waals surface area contributed by atoms with Crippen LogP contribution in [0.5, 0.6) is 0 Å². The van der Waals surface area contributed by atoms with Gasteiger partial charge in [-0.05, 0) is 60.6 Å². The molecule has 0 N–H and O–H groups in total. The third-order valence-electron chi connectivity index (χ3n) is 4.26. The Labute approximate surface area is 144 Å². The third kappa shape index (κ3) is 3.08. The Morgan fingerprint density at radius 3 is 3.05 bits per heavy atom. The molecule has 0 spiro atoms. The zero-order valence-electron chi connectivity index (χ0n) is 12.4. The van der Waals surface area contributed by atoms with Crippen molar-refractivity contribution in [2.24, 2.45) is 5.92 Å². The second-order valence-corrected chi connectivity index (χ2v) is 7.60. The summed E-state index contributed by atoms with van der Waals surface area (Å²) in [6, 6.07) is 6.41. The van der Waals surface area contributed by atoms with Gasteiger partial charge in [0.2, 0.25) is 0 Å². The smallest absolute Gasteiger partial charge is 0.127 e. The molecule has 114 valence electrons. The number of alkyl halides is 1. The van der Waals surface area contributed by atoms with Gasteiger partial charge >= 0.3 is 0 Å². The maximum Gasteiger partial charge on any atom is 0.127 e. The highest BCUT2D eigenvalue weighted by atomic mass is 127. The number of rotatable bonds is 4. The molecule has 1 aromatic carbocycles. The van der Waals surface area contributed by atoms with Gasteiger partial charge in [0.25, 0.3) is 0 Å². The van der Waals surface area contributed by atoms with E-state index in [2.05, 4.69) is 52.3 Å². The maximum absolute atomic E-state index is 6.36. The monoisotopic (exact) mass is 418 g/mol. The fraction of sp³-hybridized carbons (Fsp3) is 0.562. The van der Waals surface area contributed by atoms with Gasteiger partial charge in [0.05, 0.1) is 22.5 Å². The highest BCUT2D eigenvalue weighted by Crippen LogP contribution is 2.31. The van der Waals surface area contributed by atoms with Crippen molar-refractivity contribution in [1.29, 1.82) is 0 Å². The van der Waals surface area contributed by atoms with Gasteiger partial charge in [-0.15, -0.1) is 11.6 Å². The number of hydrogen-bond acceptors (Lipinski definition) is 2. The Morgan fingerprint density at radius 1 is 1.52 bits per heavy atom. The number of imidazole rings is 1. The van der Waals surface area contributed by atoms with Crippen LogP contribution >= 0.6 is 34.2 Å². The number of nitrogens with zero attached hydrogens (tertiary/aromatic N) is 2. The Bertz CT molecular complexity index is 640. The SMILES string of the molecule is CCC1OCCC1Cn1c(C(C)Cl)nc2cc(I)ccc21. The second kappa shape index (κ2) is 6.42. The fourth-order valence-electron chi connectivity index (χ4n) is 3.20. The van der Waals surface area contributed by atoms with E-state index in [1.165, 1.54) is 9.09 Å². The van der Waals surface area contributed by atoms with Crippen molar-refractivity contribution in [1.82, 2.24) is 9.55 Å². The Morgan fingerprint density at radius 2 is 2.33 bits per heavy atom. The molecule has 0 radical (unpaired) electrons. The fourth-order valence-corrected chi connectivity index (χ4v) is 3.85. The molecule has 3 rings (SSSR count). The minimum Gasteiger partial charge on any atom is -0.378 e. The molecule has 3 unspecified atom stereocenters. The largest absolute Gasteiger partial charge is 0.378 e. The molecule has 1 aromatic heterocycles. The first kappa shape index (κ1) is 15.6. The van der Waals surface area contributed by atoms with Crippen molar-refractivity contribution in [3.05, 3.63) is 27.6 Å². The normalized spacial score (nSPS) is 23.8. The van der Waals surface area contributed by atoms with E-state index >= 15 is 0 Å². The Kier molecular flexibility index (Phi) is 4.76. The van der Waals surface area contributed by atoms with Crippen molar-refractivity contribution < 1.29 is 4.74 Å². The first-order valence-corrected chi connectivity index (χ1v) is 9.03. The number of ether oxygens (including phenoxy) is 1. The van der Waals surface area contributed by atoms with Crippen LogP contribution in [0.3, 0.4) is 0 Å². The van der Waals surface area contributed by atoms with Crippen molar-refractivity contribution in [2.75, 3.05) is 6.61 Å². The minimum atomic E-state index is -0.0857. The van der Waals surface area contributed by atoms with E-state index in [-0.39, 0.29) is 5.38 Å². The first-order chi connectivity index (χ1) is 10.1. The van der Waals surface area contributed by atoms with Crippen LogP contribution in [0.15, 0.2) is 18.2 Å². The number of halogens is 2. The van der Waals surface area contributed by atoms with Crippen LogP contribution in [0.2, 0.25) is 0 Å². The molecule has 3 atom stereocenters. The van der Waals surface area contributed by atoms with Gasteiger partial charge in [0, 0.05) is 22.6 Å². The van der Waals surface area contributed by atoms with Gasteiger partial charge in [0.1, 0.15) is 5.82 Å². The lowest BCUT2D eigenvalue weighted by Crippen LogP contribution is -2.21. The molecule has 1 aliphatic rings. The molecule has 0 saturated carbocycles. The zero-order chi connectivity index (χ0) is 15.0. The number of aromatic nitrogens is 2. The number of fused-ring (bicyclic) bond motifs is 1. The molecular weight excluding hydrogens is 399 g/mol. The van der Waals surface area contributed by atoms with Crippen LogP contribution in [0.1, 0.15) is 37.9 Å². The third-order valence-corrected chi connectivity index (χ3v) is 5.13. The van der Waals surface area contributed by atoms with E-state index in [1.807, 2.05) is 6.92 Å². The van der Waals surface area contributed by atoms with E-state index < -0.39 is 0 Å². The molecule has 0 aliphatic carbocycles. The molecular formula is C16H20ClIN2O. The van der Waals surface area contributed by atoms with Crippen LogP contribution in [-0.4, -0.2) is 22.3 Å². The second-order valence-electron chi connectivity index (χ2n) is 5.70. The van der Waals surface area contributed by atoms with E-state index in [9.17, 15) is 0 Å². The summed E-state index contributed by atoms with van der Waals surface area (Å²) >= 11 is 8.68. The van der Waals surface area contributed by atoms with Crippen LogP contribution in [0.4, 0.5) is 0 Å². The summed E-state index contributed by atoms with van der Waals surface area (Å²) in [5.74, 6) is 1.52. The quantitative estimate of drug-likeness (QED) is 0.529. The van der Waals surface area contributed by atoms with Gasteiger partial charge in [-0.25, -0.2) is 4.98 Å². The molecule has 1 fully saturated rings. The summed E-state index contributed by atoms with van der Waals surface area (Å²) in [5.41, 5.74) is 2.22. The average molecular weight is 419 g/mol. The Balaban J connectivity index is 2.01. The van der Waals surface area contributed by atoms with Crippen LogP contribution in [0, 0.1) is 9.49 Å². The highest BCUT2D eigenvalue weighted by molar-refractivity contribution is 14.1. The number of hydrogen-bond donors (Lipinski definition) is 0. The molecule has 0 bridgehead atoms. The number of benzene rings is 1. The molecule has 21 heavy (non-hydrogen) atoms. The predicted octanol–water partition coefficient (Wildman–Crippen LogP) is 4.76. The maximum atomic E-state index is 6.36. The zero-order valence-corrected chi connectivity index (χ0v) is 15.3. The highest BCUT2D eigenvalue weighted by Gasteiger charge is 2.28. The summed E-state index contributed by atoms with van der Waals surface area (Å²) in [5, 5.41) is -0.0857. The van der Waals surface area contributed by atoms with Crippen LogP contribution in [-0.2, 0) is 11.3 Å². The Hall–Kier alpha value is -0.330. The van der Waals surface area contributed by atoms with Gasteiger partial charge in [-0.2, -0.15) is 0 Å². The van der Waals surface area contributed by atoms with Gasteiger partial charge in [-0.3, -0.25) is 0 Å². The molecule has 2 aromatic rings. The lowest BCUT2D eigenvalue weighted by molar-refractivity contribution is 0.0835. The standard InChI is InChI=1S/C16H20ClIN2O/c1-3-15-11(6-7-21-15)9-20-14-5-4-12(18)8-13(14)19-16(20)10(2)17/h4-5,8,10-11,15H,3,6-7,9H2,1-2H3. The van der Waals surface area contributed by atoms with E-state index in [1.54, 1.807) is 0 Å². The predicted molar refractivity (Wildman–Crippen MR) is 94.9 cm³/mol. The van der Waals surface area contributed by atoms with Crippen molar-refractivity contribution in [3.8, 4) is 0 Å². The van der Waals surface area contributed by atoms with Crippen LogP contribution < -0.4 is 0 Å². The van der Waals surface area contributed by atoms with Crippen LogP contribution in [0.25, 0.3) is 11.0 Å². The molecule has 3 nitrogen and oxygen atoms in total. The molecule has 0 amide bonds. The van der Waals surface area contributed by atoms with E-state index in [0.717, 1.165) is 37.3 Å². The van der Waals surface area contributed by atoms with Crippen molar-refractivity contribution in [2.45, 2.75) is 44.7 Å². The van der Waals surface area contributed by atoms with Crippen molar-refractivity contribution in [3.63, 3.8) is 0 Å². The lowest BCUT2D eigenvalue weighted by Gasteiger charge is -2.19. The molecule has 2 heterocycles. The lowest BCUT2D eigenvalue weighted by atomic mass is 9.99. The van der Waals surface area contributed by atoms with E-state index in [0.29, 0.717) is 12.0 Å². The first-order valence-electron chi connectivity index (χ1n) is 7.51. The summed E-state index contributed by atoms with van der Waals surface area (Å²) in [6.07, 6.45) is 2.56. The van der Waals surface area contributed by atoms with Gasteiger partial charge in [-0.1, -0.05) is 6.92 Å². The van der Waals surface area contributed by atoms with Crippen molar-refractivity contribution >= 4 is 45.2 Å². The molecule has 1 aliphatic heterocycles. The minimum absolute atomic E-state index is 0.0857. The summed E-state index contributed by atoms with van der Waals surface area (Å²) < 4.78 is 9.33. The summed E-state index contributed by atoms with van der Waals surface area (Å²) in [6.45, 7) is 6.01. The summed E-state index contributed by atoms with van der Waals surface area (Å²) in [4.78, 5) is 4.75. The average Bonchev–Trinajstić information content (AvgIpc) is 3.03. The molecule has 1 saturated heterocycles. The van der Waals surface area contributed by atoms with Gasteiger partial charge < -0.3 is 9.30 Å². The topological polar surface area (TPSA) is 27.1 Å². The molecule has 5 heteroatoms. The van der Waals surface area contributed by atoms with E-state index in [4.69, 9.17) is 21.3 Å². The van der Waals surface area contributed by atoms with Gasteiger partial charge in [0.15, 0.2) is 0 Å².